The molecule has 40 heavy (non-hydrogen) atoms. The summed E-state index contributed by atoms with van der Waals surface area (Å²) in [5, 5.41) is 10.5. The first-order valence-corrected chi connectivity index (χ1v) is 12.6. The average molecular weight is 627 g/mol. The van der Waals surface area contributed by atoms with Gasteiger partial charge in [0.25, 0.3) is 0 Å². The maximum Gasteiger partial charge on any atom is 0.412 e. The summed E-state index contributed by atoms with van der Waals surface area (Å²) < 4.78 is 34.4. The highest BCUT2D eigenvalue weighted by molar-refractivity contribution is 9.10. The smallest absolute Gasteiger partial charge is 0.412 e. The fraction of sp³-hybridized carbons (Fsp3) is 0.458. The summed E-state index contributed by atoms with van der Waals surface area (Å²) in [6.45, 7) is 3.85. The molecule has 1 saturated heterocycles. The number of esters is 4. The lowest BCUT2D eigenvalue weighted by Crippen LogP contribution is -2.60. The first-order chi connectivity index (χ1) is 18.9. The van der Waals surface area contributed by atoms with Crippen molar-refractivity contribution in [1.29, 1.82) is 0 Å². The van der Waals surface area contributed by atoms with Crippen LogP contribution in [0.4, 0.5) is 10.5 Å². The fourth-order valence-electron chi connectivity index (χ4n) is 3.75. The molecule has 1 aromatic heterocycles. The summed E-state index contributed by atoms with van der Waals surface area (Å²) in [6.07, 6.45) is -5.87. The number of ether oxygens (including phenoxy) is 6. The van der Waals surface area contributed by atoms with Crippen LogP contribution in [0, 0.1) is 0 Å². The number of carbonyl (C=O) groups excluding carboxylic acids is 5. The zero-order valence-electron chi connectivity index (χ0n) is 21.9. The second-order valence-electron chi connectivity index (χ2n) is 8.49. The van der Waals surface area contributed by atoms with Crippen LogP contribution >= 0.6 is 15.9 Å². The number of nitrogens with zero attached hydrogens (tertiary/aromatic N) is 3. The lowest BCUT2D eigenvalue weighted by atomic mass is 9.97. The van der Waals surface area contributed by atoms with E-state index in [9.17, 15) is 24.0 Å². The molecule has 15 nitrogen and oxygen atoms in total. The molecule has 1 aliphatic heterocycles. The molecule has 0 saturated carbocycles. The van der Waals surface area contributed by atoms with E-state index < -0.39 is 67.2 Å². The van der Waals surface area contributed by atoms with Gasteiger partial charge in [-0.15, -0.1) is 5.10 Å². The van der Waals surface area contributed by atoms with Crippen molar-refractivity contribution in [3.05, 3.63) is 40.6 Å². The number of rotatable bonds is 9. The molecule has 1 fully saturated rings. The summed E-state index contributed by atoms with van der Waals surface area (Å²) in [7, 11) is 0. The van der Waals surface area contributed by atoms with Crippen LogP contribution in [0.3, 0.4) is 0 Å². The Hall–Kier alpha value is -4.05. The number of hydrogen-bond acceptors (Lipinski definition) is 13. The lowest BCUT2D eigenvalue weighted by Gasteiger charge is -2.44. The molecule has 2 heterocycles. The predicted molar refractivity (Wildman–Crippen MR) is 135 cm³/mol. The lowest BCUT2D eigenvalue weighted by molar-refractivity contribution is -0.270. The largest absolute Gasteiger partial charge is 0.463 e. The number of nitrogens with one attached hydrogen (secondary N) is 1. The molecule has 216 valence electrons. The number of aromatic nitrogens is 3. The third-order valence-corrected chi connectivity index (χ3v) is 5.76. The van der Waals surface area contributed by atoms with Gasteiger partial charge in [-0.05, 0) is 24.3 Å². The Morgan fingerprint density at radius 2 is 1.48 bits per heavy atom. The topological polar surface area (TPSA) is 183 Å². The third kappa shape index (κ3) is 8.74. The third-order valence-electron chi connectivity index (χ3n) is 5.23. The molecular formula is C24H27BrN4O11. The zero-order valence-corrected chi connectivity index (χ0v) is 23.5. The van der Waals surface area contributed by atoms with Gasteiger partial charge in [-0.25, -0.2) is 9.48 Å². The van der Waals surface area contributed by atoms with Crippen LogP contribution in [0.1, 0.15) is 39.6 Å². The number of halogens is 1. The minimum atomic E-state index is -1.37. The molecule has 2 aromatic rings. The van der Waals surface area contributed by atoms with Crippen molar-refractivity contribution in [3.8, 4) is 0 Å². The first-order valence-electron chi connectivity index (χ1n) is 11.8. The van der Waals surface area contributed by atoms with E-state index in [1.54, 1.807) is 24.3 Å². The highest BCUT2D eigenvalue weighted by Gasteiger charge is 2.53. The molecule has 3 rings (SSSR count). The van der Waals surface area contributed by atoms with Crippen LogP contribution in [0.2, 0.25) is 0 Å². The van der Waals surface area contributed by atoms with E-state index in [1.165, 1.54) is 13.1 Å². The number of benzene rings is 1. The first kappa shape index (κ1) is 30.5. The Kier molecular flexibility index (Phi) is 10.6. The van der Waals surface area contributed by atoms with E-state index in [0.29, 0.717) is 5.69 Å². The Morgan fingerprint density at radius 1 is 0.875 bits per heavy atom. The number of amides is 1. The summed E-state index contributed by atoms with van der Waals surface area (Å²) in [4.78, 5) is 59.5. The second-order valence-corrected chi connectivity index (χ2v) is 9.40. The van der Waals surface area contributed by atoms with E-state index in [0.717, 1.165) is 29.9 Å². The van der Waals surface area contributed by atoms with Gasteiger partial charge in [-0.1, -0.05) is 21.1 Å². The van der Waals surface area contributed by atoms with Gasteiger partial charge in [-0.3, -0.25) is 24.5 Å². The minimum Gasteiger partial charge on any atom is -0.463 e. The zero-order chi connectivity index (χ0) is 29.4. The van der Waals surface area contributed by atoms with Crippen LogP contribution < -0.4 is 5.32 Å². The summed E-state index contributed by atoms with van der Waals surface area (Å²) in [6, 6.07) is 6.83. The molecule has 1 N–H and O–H groups in total. The number of anilines is 1. The van der Waals surface area contributed by atoms with Crippen LogP contribution in [-0.4, -0.2) is 76.0 Å². The molecule has 1 aliphatic rings. The molecule has 0 radical (unpaired) electrons. The Morgan fingerprint density at radius 3 is 2.08 bits per heavy atom. The Labute approximate surface area is 236 Å². The van der Waals surface area contributed by atoms with Gasteiger partial charge in [0.1, 0.15) is 25.0 Å². The Bertz CT molecular complexity index is 1240. The fourth-order valence-corrected chi connectivity index (χ4v) is 4.01. The van der Waals surface area contributed by atoms with E-state index in [1.807, 2.05) is 0 Å². The maximum atomic E-state index is 12.2. The van der Waals surface area contributed by atoms with Gasteiger partial charge < -0.3 is 28.4 Å². The quantitative estimate of drug-likeness (QED) is 0.315. The van der Waals surface area contributed by atoms with Crippen molar-refractivity contribution in [3.63, 3.8) is 0 Å². The summed E-state index contributed by atoms with van der Waals surface area (Å²) >= 11 is 3.31. The number of hydrogen-bond donors (Lipinski definition) is 1. The highest BCUT2D eigenvalue weighted by Crippen LogP contribution is 2.34. The Balaban J connectivity index is 1.83. The van der Waals surface area contributed by atoms with Crippen LogP contribution in [0.25, 0.3) is 0 Å². The normalized spacial score (nSPS) is 22.0. The molecular weight excluding hydrogens is 600 g/mol. The van der Waals surface area contributed by atoms with Gasteiger partial charge in [0.2, 0.25) is 0 Å². The van der Waals surface area contributed by atoms with Crippen LogP contribution in [0.5, 0.6) is 0 Å². The maximum absolute atomic E-state index is 12.2. The monoisotopic (exact) mass is 626 g/mol. The van der Waals surface area contributed by atoms with E-state index in [4.69, 9.17) is 28.4 Å². The van der Waals surface area contributed by atoms with E-state index in [-0.39, 0.29) is 12.3 Å². The van der Waals surface area contributed by atoms with Crippen molar-refractivity contribution >= 4 is 51.6 Å². The van der Waals surface area contributed by atoms with Crippen molar-refractivity contribution < 1.29 is 52.4 Å². The molecule has 1 amide bonds. The molecule has 0 bridgehead atoms. The van der Waals surface area contributed by atoms with E-state index >= 15 is 0 Å². The predicted octanol–water partition coefficient (Wildman–Crippen LogP) is 2.04. The van der Waals surface area contributed by atoms with Crippen molar-refractivity contribution in [2.24, 2.45) is 0 Å². The molecule has 16 heteroatoms. The van der Waals surface area contributed by atoms with Crippen molar-refractivity contribution in [2.45, 2.75) is 64.9 Å². The molecule has 0 unspecified atom stereocenters. The SMILES string of the molecule is CC(=O)OC[C@H]1O[C@@H](n2cc(COC(=O)Nc3ccc(Br)cc3)nn2)[C@H](OC(C)=O)[C@@H](OC(C)=O)[C@@H]1OC(C)=O. The highest BCUT2D eigenvalue weighted by atomic mass is 79.9. The second kappa shape index (κ2) is 13.8. The minimum absolute atomic E-state index is 0.193. The van der Waals surface area contributed by atoms with E-state index in [2.05, 4.69) is 31.6 Å². The molecule has 5 atom stereocenters. The van der Waals surface area contributed by atoms with Gasteiger partial charge >= 0.3 is 30.0 Å². The molecule has 0 aliphatic carbocycles. The van der Waals surface area contributed by atoms with Gasteiger partial charge in [0.05, 0.1) is 6.20 Å². The number of carbonyl (C=O) groups is 5. The summed E-state index contributed by atoms with van der Waals surface area (Å²) in [5.74, 6) is -2.92. The molecule has 1 aromatic carbocycles. The van der Waals surface area contributed by atoms with Gasteiger partial charge in [0.15, 0.2) is 24.5 Å². The standard InChI is InChI=1S/C24H27BrN4O11/c1-12(30)35-11-19-20(37-13(2)31)21(38-14(3)32)22(39-15(4)33)23(40-19)29-9-18(27-28-29)10-36-24(34)26-17-7-5-16(25)6-8-17/h5-9,19-23H,10-11H2,1-4H3,(H,26,34)/t19-,20-,21+,22-,23-/m1/s1. The average Bonchev–Trinajstić information content (AvgIpc) is 3.33. The van der Waals surface area contributed by atoms with Crippen LogP contribution in [0.15, 0.2) is 34.9 Å². The van der Waals surface area contributed by atoms with Crippen LogP contribution in [-0.2, 0) is 54.2 Å². The van der Waals surface area contributed by atoms with Gasteiger partial charge in [-0.2, -0.15) is 0 Å². The molecule has 0 spiro atoms. The van der Waals surface area contributed by atoms with Gasteiger partial charge in [0, 0.05) is 37.9 Å². The van der Waals surface area contributed by atoms with Crippen molar-refractivity contribution in [2.75, 3.05) is 11.9 Å². The van der Waals surface area contributed by atoms with Crippen molar-refractivity contribution in [1.82, 2.24) is 15.0 Å². The summed E-state index contributed by atoms with van der Waals surface area (Å²) in [5.41, 5.74) is 0.702.